The van der Waals surface area contributed by atoms with Gasteiger partial charge in [0.05, 0.1) is 5.75 Å². The molecule has 140 valence electrons. The molecule has 0 bridgehead atoms. The Balaban J connectivity index is 1.59. The van der Waals surface area contributed by atoms with Crippen molar-refractivity contribution in [1.82, 2.24) is 19.6 Å². The Hall–Kier alpha value is -2.06. The van der Waals surface area contributed by atoms with Gasteiger partial charge in [-0.15, -0.1) is 0 Å². The van der Waals surface area contributed by atoms with E-state index in [1.54, 1.807) is 12.3 Å². The third kappa shape index (κ3) is 4.37. The first-order valence-electron chi connectivity index (χ1n) is 8.85. The highest BCUT2D eigenvalue weighted by Gasteiger charge is 2.29. The van der Waals surface area contributed by atoms with Gasteiger partial charge in [-0.3, -0.25) is 4.79 Å². The van der Waals surface area contributed by atoms with Crippen molar-refractivity contribution >= 4 is 27.0 Å². The van der Waals surface area contributed by atoms with Crippen LogP contribution in [0.4, 0.5) is 0 Å². The lowest BCUT2D eigenvalue weighted by Crippen LogP contribution is -2.47. The topological polar surface area (TPSA) is 92.3 Å². The number of pyridine rings is 2. The van der Waals surface area contributed by atoms with Gasteiger partial charge in [0.15, 0.2) is 5.65 Å². The number of aromatic nitrogens is 2. The smallest absolute Gasteiger partial charge is 0.270 e. The molecule has 0 aliphatic carbocycles. The Bertz CT molecular complexity index is 890. The van der Waals surface area contributed by atoms with Crippen molar-refractivity contribution in [1.29, 1.82) is 0 Å². The first-order chi connectivity index (χ1) is 12.3. The van der Waals surface area contributed by atoms with Gasteiger partial charge in [-0.2, -0.15) is 0 Å². The minimum Gasteiger partial charge on any atom is -0.348 e. The maximum absolute atomic E-state index is 12.4. The average Bonchev–Trinajstić information content (AvgIpc) is 2.60. The number of carbonyl (C=O) groups is 1. The van der Waals surface area contributed by atoms with Crippen molar-refractivity contribution in [3.8, 4) is 0 Å². The molecule has 0 unspecified atom stereocenters. The van der Waals surface area contributed by atoms with Gasteiger partial charge in [-0.05, 0) is 43.0 Å². The van der Waals surface area contributed by atoms with Crippen molar-refractivity contribution in [2.75, 3.05) is 18.8 Å². The Morgan fingerprint density at radius 2 is 2.00 bits per heavy atom. The van der Waals surface area contributed by atoms with Crippen LogP contribution in [0.5, 0.6) is 0 Å². The van der Waals surface area contributed by atoms with E-state index < -0.39 is 10.0 Å². The molecule has 1 fully saturated rings. The number of piperidine rings is 1. The van der Waals surface area contributed by atoms with E-state index in [4.69, 9.17) is 0 Å². The molecule has 0 atom stereocenters. The summed E-state index contributed by atoms with van der Waals surface area (Å²) in [5, 5.41) is 3.84. The standard InChI is InChI=1S/C18H24N4O3S/c1-13(2)12-26(24,25)22-10-7-15(8-11-22)20-18(23)16-6-5-14-4-3-9-19-17(14)21-16/h3-6,9,13,15H,7-8,10-12H2,1-2H3,(H,20,23). The molecular weight excluding hydrogens is 352 g/mol. The summed E-state index contributed by atoms with van der Waals surface area (Å²) in [7, 11) is -3.21. The zero-order chi connectivity index (χ0) is 18.7. The molecule has 0 aromatic carbocycles. The van der Waals surface area contributed by atoms with Gasteiger partial charge < -0.3 is 5.32 Å². The highest BCUT2D eigenvalue weighted by Crippen LogP contribution is 2.17. The zero-order valence-corrected chi connectivity index (χ0v) is 15.9. The number of sulfonamides is 1. The highest BCUT2D eigenvalue weighted by molar-refractivity contribution is 7.89. The van der Waals surface area contributed by atoms with Crippen molar-refractivity contribution in [3.05, 3.63) is 36.2 Å². The molecule has 1 aliphatic rings. The lowest BCUT2D eigenvalue weighted by atomic mass is 10.1. The Morgan fingerprint density at radius 1 is 1.27 bits per heavy atom. The molecule has 2 aromatic rings. The summed E-state index contributed by atoms with van der Waals surface area (Å²) in [5.74, 6) is 0.0175. The van der Waals surface area contributed by atoms with Gasteiger partial charge in [0, 0.05) is 30.7 Å². The fraction of sp³-hybridized carbons (Fsp3) is 0.500. The van der Waals surface area contributed by atoms with E-state index in [2.05, 4.69) is 15.3 Å². The maximum atomic E-state index is 12.4. The third-order valence-corrected chi connectivity index (χ3v) is 6.66. The van der Waals surface area contributed by atoms with Crippen LogP contribution in [0, 0.1) is 5.92 Å². The summed E-state index contributed by atoms with van der Waals surface area (Å²) < 4.78 is 26.1. The monoisotopic (exact) mass is 376 g/mol. The van der Waals surface area contributed by atoms with Crippen LogP contribution in [0.1, 0.15) is 37.2 Å². The SMILES string of the molecule is CC(C)CS(=O)(=O)N1CCC(NC(=O)c2ccc3cccnc3n2)CC1. The molecule has 3 heterocycles. The molecule has 1 N–H and O–H groups in total. The molecule has 3 rings (SSSR count). The summed E-state index contributed by atoms with van der Waals surface area (Å²) in [6.45, 7) is 4.67. The predicted molar refractivity (Wildman–Crippen MR) is 100 cm³/mol. The Labute approximate surface area is 153 Å². The lowest BCUT2D eigenvalue weighted by molar-refractivity contribution is 0.0919. The molecule has 1 amide bonds. The van der Waals surface area contributed by atoms with Gasteiger partial charge in [0.1, 0.15) is 5.69 Å². The molecule has 7 nitrogen and oxygen atoms in total. The first-order valence-corrected chi connectivity index (χ1v) is 10.5. The van der Waals surface area contributed by atoms with Crippen molar-refractivity contribution < 1.29 is 13.2 Å². The molecule has 0 spiro atoms. The highest BCUT2D eigenvalue weighted by atomic mass is 32.2. The first kappa shape index (κ1) is 18.7. The van der Waals surface area contributed by atoms with Gasteiger partial charge >= 0.3 is 0 Å². The molecule has 26 heavy (non-hydrogen) atoms. The fourth-order valence-corrected chi connectivity index (χ4v) is 4.96. The molecule has 0 saturated carbocycles. The number of nitrogens with one attached hydrogen (secondary N) is 1. The Kier molecular flexibility index (Phi) is 5.52. The van der Waals surface area contributed by atoms with Crippen LogP contribution < -0.4 is 5.32 Å². The van der Waals surface area contributed by atoms with Crippen molar-refractivity contribution in [2.45, 2.75) is 32.7 Å². The Morgan fingerprint density at radius 3 is 2.69 bits per heavy atom. The second kappa shape index (κ2) is 7.67. The number of carbonyl (C=O) groups excluding carboxylic acids is 1. The molecule has 2 aromatic heterocycles. The van der Waals surface area contributed by atoms with Crippen LogP contribution in [-0.2, 0) is 10.0 Å². The van der Waals surface area contributed by atoms with Crippen LogP contribution in [0.2, 0.25) is 0 Å². The van der Waals surface area contributed by atoms with Crippen molar-refractivity contribution in [2.24, 2.45) is 5.92 Å². The minimum atomic E-state index is -3.21. The quantitative estimate of drug-likeness (QED) is 0.859. The van der Waals surface area contributed by atoms with Crippen LogP contribution in [0.15, 0.2) is 30.5 Å². The zero-order valence-electron chi connectivity index (χ0n) is 15.1. The molecule has 0 radical (unpaired) electrons. The molecular formula is C18H24N4O3S. The fourth-order valence-electron chi connectivity index (χ4n) is 3.14. The van der Waals surface area contributed by atoms with Crippen LogP contribution >= 0.6 is 0 Å². The molecule has 8 heteroatoms. The number of fused-ring (bicyclic) bond motifs is 1. The lowest BCUT2D eigenvalue weighted by Gasteiger charge is -2.32. The number of hydrogen-bond acceptors (Lipinski definition) is 5. The number of hydrogen-bond donors (Lipinski definition) is 1. The summed E-state index contributed by atoms with van der Waals surface area (Å²) in [6, 6.07) is 7.18. The second-order valence-corrected chi connectivity index (χ2v) is 9.08. The van der Waals surface area contributed by atoms with E-state index in [1.807, 2.05) is 32.0 Å². The van der Waals surface area contributed by atoms with E-state index in [1.165, 1.54) is 4.31 Å². The van der Waals surface area contributed by atoms with E-state index in [9.17, 15) is 13.2 Å². The van der Waals surface area contributed by atoms with Crippen LogP contribution in [0.25, 0.3) is 11.0 Å². The third-order valence-electron chi connectivity index (χ3n) is 4.42. The van der Waals surface area contributed by atoms with Gasteiger partial charge in [0.25, 0.3) is 5.91 Å². The second-order valence-electron chi connectivity index (χ2n) is 7.07. The summed E-state index contributed by atoms with van der Waals surface area (Å²) in [5.41, 5.74) is 0.862. The normalized spacial score (nSPS) is 16.9. The number of nitrogens with zero attached hydrogens (tertiary/aromatic N) is 3. The minimum absolute atomic E-state index is 0.0470. The van der Waals surface area contributed by atoms with E-state index in [0.29, 0.717) is 37.3 Å². The molecule has 1 saturated heterocycles. The number of rotatable bonds is 5. The van der Waals surface area contributed by atoms with Gasteiger partial charge in [0.2, 0.25) is 10.0 Å². The predicted octanol–water partition coefficient (Wildman–Crippen LogP) is 1.81. The van der Waals surface area contributed by atoms with Gasteiger partial charge in [-0.1, -0.05) is 13.8 Å². The van der Waals surface area contributed by atoms with E-state index in [0.717, 1.165) is 5.39 Å². The average molecular weight is 376 g/mol. The summed E-state index contributed by atoms with van der Waals surface area (Å²) >= 11 is 0. The maximum Gasteiger partial charge on any atom is 0.270 e. The van der Waals surface area contributed by atoms with Crippen LogP contribution in [-0.4, -0.2) is 53.5 Å². The largest absolute Gasteiger partial charge is 0.348 e. The van der Waals surface area contributed by atoms with Crippen molar-refractivity contribution in [3.63, 3.8) is 0 Å². The van der Waals surface area contributed by atoms with Gasteiger partial charge in [-0.25, -0.2) is 22.7 Å². The number of amides is 1. The van der Waals surface area contributed by atoms with E-state index >= 15 is 0 Å². The summed E-state index contributed by atoms with van der Waals surface area (Å²) in [4.78, 5) is 20.9. The van der Waals surface area contributed by atoms with E-state index in [-0.39, 0.29) is 23.6 Å². The van der Waals surface area contributed by atoms with Crippen LogP contribution in [0.3, 0.4) is 0 Å². The molecule has 1 aliphatic heterocycles. The summed E-state index contributed by atoms with van der Waals surface area (Å²) in [6.07, 6.45) is 2.86.